The van der Waals surface area contributed by atoms with Crippen LogP contribution in [0.3, 0.4) is 0 Å². The van der Waals surface area contributed by atoms with Crippen LogP contribution in [-0.2, 0) is 6.54 Å². The first-order valence-corrected chi connectivity index (χ1v) is 7.50. The van der Waals surface area contributed by atoms with Crippen LogP contribution in [0.25, 0.3) is 11.0 Å². The van der Waals surface area contributed by atoms with Crippen LogP contribution >= 0.6 is 0 Å². The van der Waals surface area contributed by atoms with Crippen LogP contribution in [-0.4, -0.2) is 0 Å². The van der Waals surface area contributed by atoms with Crippen molar-refractivity contribution in [2.45, 2.75) is 26.4 Å². The van der Waals surface area contributed by atoms with Gasteiger partial charge >= 0.3 is 0 Å². The zero-order valence-electron chi connectivity index (χ0n) is 12.5. The van der Waals surface area contributed by atoms with Gasteiger partial charge < -0.3 is 9.73 Å². The van der Waals surface area contributed by atoms with Crippen LogP contribution < -0.4 is 5.32 Å². The van der Waals surface area contributed by atoms with Crippen molar-refractivity contribution >= 4 is 11.0 Å². The molecule has 1 aromatic heterocycles. The van der Waals surface area contributed by atoms with Crippen molar-refractivity contribution in [2.75, 3.05) is 0 Å². The van der Waals surface area contributed by atoms with Crippen LogP contribution in [0.1, 0.15) is 31.2 Å². The number of para-hydroxylation sites is 1. The monoisotopic (exact) mass is 279 g/mol. The Morgan fingerprint density at radius 2 is 1.67 bits per heavy atom. The number of benzene rings is 2. The summed E-state index contributed by atoms with van der Waals surface area (Å²) in [6.07, 6.45) is 0. The molecule has 0 fully saturated rings. The van der Waals surface area contributed by atoms with Crippen molar-refractivity contribution < 1.29 is 4.42 Å². The summed E-state index contributed by atoms with van der Waals surface area (Å²) in [4.78, 5) is 0. The summed E-state index contributed by atoms with van der Waals surface area (Å²) >= 11 is 0. The van der Waals surface area contributed by atoms with Crippen LogP contribution in [0.4, 0.5) is 0 Å². The summed E-state index contributed by atoms with van der Waals surface area (Å²) < 4.78 is 6.02. The van der Waals surface area contributed by atoms with E-state index in [1.807, 2.05) is 24.3 Å². The molecule has 0 radical (unpaired) electrons. The summed E-state index contributed by atoms with van der Waals surface area (Å²) in [5.41, 5.74) is 2.25. The van der Waals surface area contributed by atoms with Gasteiger partial charge in [0.25, 0.3) is 0 Å². The normalized spacial score (nSPS) is 12.9. The molecule has 3 rings (SSSR count). The Morgan fingerprint density at radius 1 is 0.952 bits per heavy atom. The Balaban J connectivity index is 1.81. The predicted octanol–water partition coefficient (Wildman–Crippen LogP) is 4.92. The van der Waals surface area contributed by atoms with E-state index in [0.29, 0.717) is 5.92 Å². The molecule has 1 atom stereocenters. The van der Waals surface area contributed by atoms with E-state index in [1.165, 1.54) is 10.9 Å². The van der Waals surface area contributed by atoms with Crippen LogP contribution in [0.5, 0.6) is 0 Å². The van der Waals surface area contributed by atoms with Gasteiger partial charge in [0, 0.05) is 11.9 Å². The minimum absolute atomic E-state index is 0.220. The van der Waals surface area contributed by atoms with Gasteiger partial charge in [0.1, 0.15) is 11.3 Å². The minimum atomic E-state index is 0.220. The van der Waals surface area contributed by atoms with Crippen molar-refractivity contribution in [3.05, 3.63) is 72.0 Å². The van der Waals surface area contributed by atoms with Gasteiger partial charge in [-0.15, -0.1) is 0 Å². The second-order valence-corrected chi connectivity index (χ2v) is 5.77. The zero-order chi connectivity index (χ0) is 14.7. The average Bonchev–Trinajstić information content (AvgIpc) is 2.91. The number of rotatable bonds is 5. The van der Waals surface area contributed by atoms with E-state index >= 15 is 0 Å². The molecule has 21 heavy (non-hydrogen) atoms. The lowest BCUT2D eigenvalue weighted by Crippen LogP contribution is -2.24. The van der Waals surface area contributed by atoms with E-state index in [9.17, 15) is 0 Å². The van der Waals surface area contributed by atoms with Crippen molar-refractivity contribution in [1.29, 1.82) is 0 Å². The van der Waals surface area contributed by atoms with Crippen molar-refractivity contribution in [1.82, 2.24) is 5.32 Å². The van der Waals surface area contributed by atoms with Crippen molar-refractivity contribution in [3.8, 4) is 0 Å². The van der Waals surface area contributed by atoms with Gasteiger partial charge in [-0.3, -0.25) is 0 Å². The molecule has 0 unspecified atom stereocenters. The molecule has 0 aliphatic heterocycles. The molecule has 2 aromatic carbocycles. The Kier molecular flexibility index (Phi) is 4.07. The first kappa shape index (κ1) is 13.9. The average molecular weight is 279 g/mol. The molecule has 0 amide bonds. The fourth-order valence-electron chi connectivity index (χ4n) is 2.64. The number of hydrogen-bond acceptors (Lipinski definition) is 2. The standard InChI is InChI=1S/C19H21NO/c1-14(2)19(20-13-15-8-4-3-5-9-15)18-12-16-10-6-7-11-17(16)21-18/h3-12,14,19-20H,13H2,1-2H3/t19-/m1/s1. The third-order valence-corrected chi connectivity index (χ3v) is 3.79. The molecular weight excluding hydrogens is 258 g/mol. The smallest absolute Gasteiger partial charge is 0.134 e. The van der Waals surface area contributed by atoms with Gasteiger partial charge in [-0.2, -0.15) is 0 Å². The molecule has 1 heterocycles. The quantitative estimate of drug-likeness (QED) is 0.717. The molecule has 0 saturated heterocycles. The van der Waals surface area contributed by atoms with E-state index in [-0.39, 0.29) is 6.04 Å². The van der Waals surface area contributed by atoms with Crippen LogP contribution in [0, 0.1) is 5.92 Å². The lowest BCUT2D eigenvalue weighted by atomic mass is 10.0. The third-order valence-electron chi connectivity index (χ3n) is 3.79. The van der Waals surface area contributed by atoms with E-state index < -0.39 is 0 Å². The molecule has 0 aliphatic carbocycles. The molecule has 0 saturated carbocycles. The van der Waals surface area contributed by atoms with Crippen molar-refractivity contribution in [3.63, 3.8) is 0 Å². The molecule has 0 aliphatic rings. The highest BCUT2D eigenvalue weighted by Crippen LogP contribution is 2.28. The Morgan fingerprint density at radius 3 is 2.38 bits per heavy atom. The predicted molar refractivity (Wildman–Crippen MR) is 87.1 cm³/mol. The molecular formula is C19H21NO. The van der Waals surface area contributed by atoms with Gasteiger partial charge in [-0.05, 0) is 23.6 Å². The molecule has 108 valence electrons. The molecule has 2 nitrogen and oxygen atoms in total. The maximum atomic E-state index is 6.02. The van der Waals surface area contributed by atoms with E-state index in [0.717, 1.165) is 17.9 Å². The van der Waals surface area contributed by atoms with Crippen LogP contribution in [0.15, 0.2) is 65.1 Å². The van der Waals surface area contributed by atoms with Crippen LogP contribution in [0.2, 0.25) is 0 Å². The van der Waals surface area contributed by atoms with Gasteiger partial charge in [0.2, 0.25) is 0 Å². The lowest BCUT2D eigenvalue weighted by Gasteiger charge is -2.20. The zero-order valence-corrected chi connectivity index (χ0v) is 12.5. The topological polar surface area (TPSA) is 25.2 Å². The molecule has 2 heteroatoms. The summed E-state index contributed by atoms with van der Waals surface area (Å²) in [5, 5.41) is 4.79. The largest absolute Gasteiger partial charge is 0.459 e. The number of hydrogen-bond donors (Lipinski definition) is 1. The van der Waals surface area contributed by atoms with Gasteiger partial charge in [-0.1, -0.05) is 62.4 Å². The second-order valence-electron chi connectivity index (χ2n) is 5.77. The number of nitrogens with one attached hydrogen (secondary N) is 1. The summed E-state index contributed by atoms with van der Waals surface area (Å²) in [6.45, 7) is 5.28. The van der Waals surface area contributed by atoms with E-state index in [4.69, 9.17) is 4.42 Å². The Bertz CT molecular complexity index is 667. The number of furan rings is 1. The summed E-state index contributed by atoms with van der Waals surface area (Å²) in [5.74, 6) is 1.48. The van der Waals surface area contributed by atoms with E-state index in [1.54, 1.807) is 0 Å². The fourth-order valence-corrected chi connectivity index (χ4v) is 2.64. The van der Waals surface area contributed by atoms with Gasteiger partial charge in [0.05, 0.1) is 6.04 Å². The third kappa shape index (κ3) is 3.17. The first-order chi connectivity index (χ1) is 10.2. The highest BCUT2D eigenvalue weighted by atomic mass is 16.3. The van der Waals surface area contributed by atoms with Gasteiger partial charge in [-0.25, -0.2) is 0 Å². The van der Waals surface area contributed by atoms with E-state index in [2.05, 4.69) is 55.6 Å². The van der Waals surface area contributed by atoms with Gasteiger partial charge in [0.15, 0.2) is 0 Å². The Hall–Kier alpha value is -2.06. The molecule has 0 bridgehead atoms. The SMILES string of the molecule is CC(C)[C@@H](NCc1ccccc1)c1cc2ccccc2o1. The molecule has 3 aromatic rings. The first-order valence-electron chi connectivity index (χ1n) is 7.50. The molecule has 1 N–H and O–H groups in total. The fraction of sp³-hybridized carbons (Fsp3) is 0.263. The summed E-state index contributed by atoms with van der Waals surface area (Å²) in [7, 11) is 0. The van der Waals surface area contributed by atoms with Crippen molar-refractivity contribution in [2.24, 2.45) is 5.92 Å². The highest BCUT2D eigenvalue weighted by Gasteiger charge is 2.19. The molecule has 0 spiro atoms. The summed E-state index contributed by atoms with van der Waals surface area (Å²) in [6, 6.07) is 21.0. The lowest BCUT2D eigenvalue weighted by molar-refractivity contribution is 0.349. The maximum Gasteiger partial charge on any atom is 0.134 e. The minimum Gasteiger partial charge on any atom is -0.459 e. The number of fused-ring (bicyclic) bond motifs is 1. The second kappa shape index (κ2) is 6.15. The Labute approximate surface area is 125 Å². The maximum absolute atomic E-state index is 6.02. The highest BCUT2D eigenvalue weighted by molar-refractivity contribution is 5.77.